The molecule has 0 aromatic heterocycles. The first-order valence-corrected chi connectivity index (χ1v) is 11.0. The molecule has 0 amide bonds. The van der Waals surface area contributed by atoms with Gasteiger partial charge < -0.3 is 9.53 Å². The predicted molar refractivity (Wildman–Crippen MR) is 122 cm³/mol. The second-order valence-corrected chi connectivity index (χ2v) is 8.51. The molecule has 3 rings (SSSR count). The van der Waals surface area contributed by atoms with Crippen LogP contribution < -0.4 is 4.74 Å². The maximum absolute atomic E-state index is 10.7. The Morgan fingerprint density at radius 1 is 1.10 bits per heavy atom. The minimum Gasteiger partial charge on any atom is -0.489 e. The van der Waals surface area contributed by atoms with Crippen molar-refractivity contribution < 1.29 is 9.53 Å². The lowest BCUT2D eigenvalue weighted by Gasteiger charge is -2.27. The van der Waals surface area contributed by atoms with E-state index >= 15 is 0 Å². The quantitative estimate of drug-likeness (QED) is 0.432. The number of carbonyl (C=O) groups is 1. The average molecular weight is 411 g/mol. The van der Waals surface area contributed by atoms with E-state index in [1.165, 1.54) is 46.2 Å². The summed E-state index contributed by atoms with van der Waals surface area (Å²) >= 11 is 6.09. The maximum atomic E-state index is 10.7. The number of carbonyl (C=O) groups excluding carboxylic acids is 1. The molecule has 0 radical (unpaired) electrons. The Morgan fingerprint density at radius 3 is 2.55 bits per heavy atom. The highest BCUT2D eigenvalue weighted by atomic mass is 35.5. The van der Waals surface area contributed by atoms with Gasteiger partial charge in [0.1, 0.15) is 18.6 Å². The van der Waals surface area contributed by atoms with Gasteiger partial charge in [-0.3, -0.25) is 0 Å². The number of aldehydes is 1. The molecule has 1 atom stereocenters. The molecule has 0 bridgehead atoms. The molecule has 1 aliphatic carbocycles. The SMILES string of the molecule is CCC1CCC(c2ccc(Cl)cc2)=C(COc2ccc(CCC=O)c(C)c2C)C1. The molecule has 0 heterocycles. The lowest BCUT2D eigenvalue weighted by molar-refractivity contribution is -0.107. The van der Waals surface area contributed by atoms with Crippen LogP contribution in [0.15, 0.2) is 42.0 Å². The number of ether oxygens (including phenoxy) is 1. The van der Waals surface area contributed by atoms with Crippen LogP contribution in [0.3, 0.4) is 0 Å². The topological polar surface area (TPSA) is 26.3 Å². The molecule has 2 nitrogen and oxygen atoms in total. The summed E-state index contributed by atoms with van der Waals surface area (Å²) < 4.78 is 6.33. The van der Waals surface area contributed by atoms with E-state index in [-0.39, 0.29) is 0 Å². The Hall–Kier alpha value is -2.06. The van der Waals surface area contributed by atoms with Gasteiger partial charge in [0, 0.05) is 11.4 Å². The van der Waals surface area contributed by atoms with Crippen LogP contribution in [0.5, 0.6) is 5.75 Å². The van der Waals surface area contributed by atoms with Crippen LogP contribution in [-0.2, 0) is 11.2 Å². The molecule has 0 saturated heterocycles. The first-order valence-electron chi connectivity index (χ1n) is 10.7. The molecule has 2 aromatic rings. The third-order valence-electron chi connectivity index (χ3n) is 6.32. The van der Waals surface area contributed by atoms with Crippen LogP contribution in [0, 0.1) is 19.8 Å². The molecule has 3 heteroatoms. The highest BCUT2D eigenvalue weighted by Gasteiger charge is 2.21. The minimum absolute atomic E-state index is 0.566. The number of hydrogen-bond acceptors (Lipinski definition) is 2. The van der Waals surface area contributed by atoms with E-state index in [0.29, 0.717) is 13.0 Å². The van der Waals surface area contributed by atoms with E-state index in [1.807, 2.05) is 12.1 Å². The molecule has 0 saturated carbocycles. The number of rotatable bonds is 8. The number of benzene rings is 2. The van der Waals surface area contributed by atoms with Crippen LogP contribution in [0.4, 0.5) is 0 Å². The van der Waals surface area contributed by atoms with Gasteiger partial charge in [0.15, 0.2) is 0 Å². The molecule has 0 spiro atoms. The first-order chi connectivity index (χ1) is 14.0. The van der Waals surface area contributed by atoms with Crippen molar-refractivity contribution in [1.82, 2.24) is 0 Å². The zero-order valence-corrected chi connectivity index (χ0v) is 18.5. The number of allylic oxidation sites excluding steroid dienone is 1. The van der Waals surface area contributed by atoms with Crippen LogP contribution in [0.1, 0.15) is 61.3 Å². The van der Waals surface area contributed by atoms with Crippen molar-refractivity contribution >= 4 is 23.5 Å². The smallest absolute Gasteiger partial charge is 0.122 e. The van der Waals surface area contributed by atoms with Gasteiger partial charge in [0.05, 0.1) is 0 Å². The fourth-order valence-corrected chi connectivity index (χ4v) is 4.38. The van der Waals surface area contributed by atoms with Gasteiger partial charge in [-0.05, 0) is 97.0 Å². The molecule has 2 aromatic carbocycles. The van der Waals surface area contributed by atoms with Crippen molar-refractivity contribution in [1.29, 1.82) is 0 Å². The third kappa shape index (κ3) is 5.30. The molecular weight excluding hydrogens is 380 g/mol. The van der Waals surface area contributed by atoms with E-state index in [4.69, 9.17) is 16.3 Å². The highest BCUT2D eigenvalue weighted by molar-refractivity contribution is 6.30. The summed E-state index contributed by atoms with van der Waals surface area (Å²) in [6.07, 6.45) is 6.99. The Labute approximate surface area is 179 Å². The van der Waals surface area contributed by atoms with Crippen molar-refractivity contribution in [2.75, 3.05) is 6.61 Å². The van der Waals surface area contributed by atoms with Gasteiger partial charge in [-0.2, -0.15) is 0 Å². The molecule has 1 aliphatic rings. The van der Waals surface area contributed by atoms with Gasteiger partial charge in [0.2, 0.25) is 0 Å². The maximum Gasteiger partial charge on any atom is 0.122 e. The molecular formula is C26H31ClO2. The van der Waals surface area contributed by atoms with Gasteiger partial charge >= 0.3 is 0 Å². The zero-order chi connectivity index (χ0) is 20.8. The Morgan fingerprint density at radius 2 is 1.86 bits per heavy atom. The summed E-state index contributed by atoms with van der Waals surface area (Å²) in [5, 5.41) is 0.773. The fraction of sp³-hybridized carbons (Fsp3) is 0.423. The van der Waals surface area contributed by atoms with Gasteiger partial charge in [-0.1, -0.05) is 43.1 Å². The molecule has 1 unspecified atom stereocenters. The Balaban J connectivity index is 1.82. The largest absolute Gasteiger partial charge is 0.489 e. The van der Waals surface area contributed by atoms with Crippen molar-refractivity contribution in [3.63, 3.8) is 0 Å². The van der Waals surface area contributed by atoms with E-state index in [9.17, 15) is 4.79 Å². The van der Waals surface area contributed by atoms with E-state index in [0.717, 1.165) is 42.2 Å². The van der Waals surface area contributed by atoms with E-state index < -0.39 is 0 Å². The lowest BCUT2D eigenvalue weighted by atomic mass is 9.80. The first kappa shape index (κ1) is 21.6. The number of hydrogen-bond donors (Lipinski definition) is 0. The predicted octanol–water partition coefficient (Wildman–Crippen LogP) is 7.13. The third-order valence-corrected chi connectivity index (χ3v) is 6.57. The number of halogens is 1. The van der Waals surface area contributed by atoms with Crippen LogP contribution in [0.2, 0.25) is 5.02 Å². The summed E-state index contributed by atoms with van der Waals surface area (Å²) in [5.41, 5.74) is 7.72. The zero-order valence-electron chi connectivity index (χ0n) is 17.8. The van der Waals surface area contributed by atoms with Crippen LogP contribution in [0.25, 0.3) is 5.57 Å². The summed E-state index contributed by atoms with van der Waals surface area (Å²) in [7, 11) is 0. The van der Waals surface area contributed by atoms with Gasteiger partial charge in [0.25, 0.3) is 0 Å². The van der Waals surface area contributed by atoms with E-state index in [2.05, 4.69) is 45.0 Å². The van der Waals surface area contributed by atoms with Crippen molar-refractivity contribution in [3.05, 3.63) is 69.2 Å². The molecule has 154 valence electrons. The molecule has 0 aliphatic heterocycles. The normalized spacial score (nSPS) is 16.8. The monoisotopic (exact) mass is 410 g/mol. The molecule has 0 N–H and O–H groups in total. The summed E-state index contributed by atoms with van der Waals surface area (Å²) in [6.45, 7) is 7.14. The van der Waals surface area contributed by atoms with Gasteiger partial charge in [-0.25, -0.2) is 0 Å². The summed E-state index contributed by atoms with van der Waals surface area (Å²) in [4.78, 5) is 10.7. The Kier molecular flexibility index (Phi) is 7.55. The fourth-order valence-electron chi connectivity index (χ4n) is 4.25. The van der Waals surface area contributed by atoms with Crippen molar-refractivity contribution in [2.45, 2.75) is 59.3 Å². The summed E-state index contributed by atoms with van der Waals surface area (Å²) in [5.74, 6) is 1.68. The van der Waals surface area contributed by atoms with Crippen molar-refractivity contribution in [2.24, 2.45) is 5.92 Å². The van der Waals surface area contributed by atoms with Crippen LogP contribution >= 0.6 is 11.6 Å². The highest BCUT2D eigenvalue weighted by Crippen LogP contribution is 2.37. The van der Waals surface area contributed by atoms with Crippen LogP contribution in [-0.4, -0.2) is 12.9 Å². The lowest BCUT2D eigenvalue weighted by Crippen LogP contribution is -2.15. The molecule has 0 fully saturated rings. The second kappa shape index (κ2) is 10.1. The summed E-state index contributed by atoms with van der Waals surface area (Å²) in [6, 6.07) is 12.4. The number of aryl methyl sites for hydroxylation is 1. The average Bonchev–Trinajstić information content (AvgIpc) is 2.74. The van der Waals surface area contributed by atoms with E-state index in [1.54, 1.807) is 0 Å². The molecule has 29 heavy (non-hydrogen) atoms. The second-order valence-electron chi connectivity index (χ2n) is 8.07. The Bertz CT molecular complexity index is 880. The minimum atomic E-state index is 0.566. The van der Waals surface area contributed by atoms with Crippen molar-refractivity contribution in [3.8, 4) is 5.75 Å². The van der Waals surface area contributed by atoms with Gasteiger partial charge in [-0.15, -0.1) is 0 Å². The standard InChI is InChI=1S/C26H31ClO2/c1-4-20-7-13-25(22-8-11-24(27)12-9-22)23(16-20)17-29-26-14-10-21(6-5-15-28)18(2)19(26)3/h8-12,14-15,20H,4-7,13,16-17H2,1-3H3.